The highest BCUT2D eigenvalue weighted by Gasteiger charge is 2.40. The molecule has 5 aromatic carbocycles. The summed E-state index contributed by atoms with van der Waals surface area (Å²) in [4.78, 5) is 48.9. The first-order valence-corrected chi connectivity index (χ1v) is 18.2. The van der Waals surface area contributed by atoms with Crippen LogP contribution in [-0.4, -0.2) is 48.4 Å². The van der Waals surface area contributed by atoms with Gasteiger partial charge in [0.1, 0.15) is 5.56 Å². The number of hydrogen-bond acceptors (Lipinski definition) is 5. The van der Waals surface area contributed by atoms with Gasteiger partial charge in [-0.1, -0.05) is 90.5 Å². The second kappa shape index (κ2) is 13.8. The Kier molecular flexibility index (Phi) is 8.85. The number of hydrogen-bond donors (Lipinski definition) is 1. The van der Waals surface area contributed by atoms with Crippen molar-refractivity contribution in [2.75, 3.05) is 13.1 Å². The lowest BCUT2D eigenvalue weighted by Gasteiger charge is -2.42. The molecule has 1 amide bonds. The van der Waals surface area contributed by atoms with Gasteiger partial charge in [-0.3, -0.25) is 19.1 Å². The lowest BCUT2D eigenvalue weighted by molar-refractivity contribution is 0.0614. The molecular weight excluding hydrogens is 675 g/mol. The number of rotatable bonds is 8. The van der Waals surface area contributed by atoms with E-state index in [-0.39, 0.29) is 23.9 Å². The standard InChI is InChI=1S/C45H41N5O4/c1-28-18-21-32(22-19-28)50-44(53)40(43(52)48(4)45(50)54)29(2)46-27-37-33-14-8-9-16-35(33)42(51)49(25-24-30-12-6-5-7-13-30)41(37)31-20-23-39-36(26-31)34-15-10-11-17-38(34)47(39)3/h5-23,26,37,41,52H,24-25,27H2,1-4H3/t37-,41-/m0/s1. The zero-order valence-electron chi connectivity index (χ0n) is 30.7. The maximum atomic E-state index is 14.5. The third-order valence-corrected chi connectivity index (χ3v) is 10.9. The summed E-state index contributed by atoms with van der Waals surface area (Å²) in [7, 11) is 3.50. The molecule has 0 spiro atoms. The Morgan fingerprint density at radius 1 is 0.759 bits per heavy atom. The van der Waals surface area contributed by atoms with Crippen LogP contribution in [0.5, 0.6) is 5.88 Å². The van der Waals surface area contributed by atoms with Gasteiger partial charge in [0, 0.05) is 66.2 Å². The minimum atomic E-state index is -0.657. The molecule has 2 aromatic heterocycles. The summed E-state index contributed by atoms with van der Waals surface area (Å²) < 4.78 is 4.32. The molecular formula is C45H41N5O4. The van der Waals surface area contributed by atoms with Crippen molar-refractivity contribution >= 4 is 33.4 Å². The van der Waals surface area contributed by atoms with Crippen molar-refractivity contribution in [3.8, 4) is 11.6 Å². The van der Waals surface area contributed by atoms with Crippen LogP contribution in [0.3, 0.4) is 0 Å². The number of aryl methyl sites for hydroxylation is 2. The average Bonchev–Trinajstić information content (AvgIpc) is 3.48. The van der Waals surface area contributed by atoms with E-state index in [0.717, 1.165) is 53.2 Å². The van der Waals surface area contributed by atoms with Crippen LogP contribution in [0.25, 0.3) is 27.5 Å². The molecule has 270 valence electrons. The van der Waals surface area contributed by atoms with Gasteiger partial charge >= 0.3 is 5.69 Å². The molecule has 3 heterocycles. The molecule has 7 aromatic rings. The number of carbonyl (C=O) groups is 1. The zero-order valence-corrected chi connectivity index (χ0v) is 30.7. The third kappa shape index (κ3) is 5.82. The van der Waals surface area contributed by atoms with E-state index >= 15 is 0 Å². The highest BCUT2D eigenvalue weighted by molar-refractivity contribution is 6.08. The van der Waals surface area contributed by atoms with Crippen LogP contribution in [0, 0.1) is 6.92 Å². The monoisotopic (exact) mass is 715 g/mol. The van der Waals surface area contributed by atoms with E-state index in [9.17, 15) is 19.5 Å². The van der Waals surface area contributed by atoms with Gasteiger partial charge in [-0.15, -0.1) is 0 Å². The van der Waals surface area contributed by atoms with Crippen molar-refractivity contribution in [3.63, 3.8) is 0 Å². The Balaban J connectivity index is 1.28. The molecule has 1 N–H and O–H groups in total. The van der Waals surface area contributed by atoms with Crippen LogP contribution in [-0.2, 0) is 20.5 Å². The van der Waals surface area contributed by atoms with E-state index in [1.807, 2.05) is 78.6 Å². The summed E-state index contributed by atoms with van der Waals surface area (Å²) in [5, 5.41) is 13.5. The molecule has 0 fully saturated rings. The molecule has 0 aliphatic carbocycles. The number of amides is 1. The second-order valence-electron chi connectivity index (χ2n) is 14.2. The Bertz CT molecular complexity index is 2720. The molecule has 8 rings (SSSR count). The van der Waals surface area contributed by atoms with Gasteiger partial charge in [0.2, 0.25) is 5.88 Å². The van der Waals surface area contributed by atoms with Gasteiger partial charge in [-0.05, 0) is 73.4 Å². The summed E-state index contributed by atoms with van der Waals surface area (Å²) >= 11 is 0. The van der Waals surface area contributed by atoms with Crippen molar-refractivity contribution in [3.05, 3.63) is 176 Å². The van der Waals surface area contributed by atoms with Gasteiger partial charge in [0.05, 0.1) is 11.7 Å². The number of aromatic nitrogens is 3. The van der Waals surface area contributed by atoms with Gasteiger partial charge in [-0.2, -0.15) is 0 Å². The maximum Gasteiger partial charge on any atom is 0.338 e. The molecule has 0 bridgehead atoms. The Morgan fingerprint density at radius 3 is 2.22 bits per heavy atom. The van der Waals surface area contributed by atoms with Gasteiger partial charge < -0.3 is 14.6 Å². The topological polar surface area (TPSA) is 102 Å². The first kappa shape index (κ1) is 34.6. The van der Waals surface area contributed by atoms with Crippen LogP contribution in [0.15, 0.2) is 136 Å². The highest BCUT2D eigenvalue weighted by atomic mass is 16.3. The average molecular weight is 716 g/mol. The third-order valence-electron chi connectivity index (χ3n) is 10.9. The van der Waals surface area contributed by atoms with Crippen molar-refractivity contribution in [2.24, 2.45) is 19.1 Å². The van der Waals surface area contributed by atoms with E-state index in [2.05, 4.69) is 54.1 Å². The SMILES string of the molecule is CC(=NC[C@H]1c2ccccc2C(=O)N(CCc2ccccc2)[C@H]1c1ccc2c(c1)c1ccccc1n2C)c1c(O)n(C)c(=O)n(-c2ccc(C)cc2)c1=O. The normalized spacial score (nSPS) is 16.0. The van der Waals surface area contributed by atoms with Crippen LogP contribution in [0.2, 0.25) is 0 Å². The Labute approximate surface area is 312 Å². The molecule has 0 unspecified atom stereocenters. The Morgan fingerprint density at radius 2 is 1.44 bits per heavy atom. The molecule has 1 aliphatic rings. The molecule has 9 heteroatoms. The van der Waals surface area contributed by atoms with Crippen LogP contribution in [0.1, 0.15) is 57.1 Å². The fourth-order valence-corrected chi connectivity index (χ4v) is 8.05. The first-order valence-electron chi connectivity index (χ1n) is 18.2. The summed E-state index contributed by atoms with van der Waals surface area (Å²) in [5.41, 5.74) is 6.16. The van der Waals surface area contributed by atoms with Crippen LogP contribution < -0.4 is 11.2 Å². The quantitative estimate of drug-likeness (QED) is 0.168. The van der Waals surface area contributed by atoms with E-state index in [0.29, 0.717) is 29.9 Å². The fourth-order valence-electron chi connectivity index (χ4n) is 8.05. The summed E-state index contributed by atoms with van der Waals surface area (Å²) in [5.74, 6) is -0.791. The maximum absolute atomic E-state index is 14.5. The number of fused-ring (bicyclic) bond motifs is 4. The predicted molar refractivity (Wildman–Crippen MR) is 214 cm³/mol. The molecule has 2 atom stereocenters. The Hall–Kier alpha value is -6.48. The minimum Gasteiger partial charge on any atom is -0.494 e. The first-order chi connectivity index (χ1) is 26.1. The predicted octanol–water partition coefficient (Wildman–Crippen LogP) is 7.23. The van der Waals surface area contributed by atoms with Gasteiger partial charge in [0.15, 0.2) is 0 Å². The molecule has 0 saturated heterocycles. The van der Waals surface area contributed by atoms with E-state index in [4.69, 9.17) is 4.99 Å². The van der Waals surface area contributed by atoms with Crippen molar-refractivity contribution < 1.29 is 9.90 Å². The second-order valence-corrected chi connectivity index (χ2v) is 14.2. The van der Waals surface area contributed by atoms with Crippen LogP contribution in [0.4, 0.5) is 0 Å². The summed E-state index contributed by atoms with van der Waals surface area (Å²) in [6.07, 6.45) is 0.668. The molecule has 0 saturated carbocycles. The molecule has 1 aliphatic heterocycles. The van der Waals surface area contributed by atoms with Crippen molar-refractivity contribution in [2.45, 2.75) is 32.2 Å². The number of aromatic hydroxyl groups is 1. The number of aliphatic imine (C=N–C) groups is 1. The van der Waals surface area contributed by atoms with Gasteiger partial charge in [-0.25, -0.2) is 9.36 Å². The van der Waals surface area contributed by atoms with E-state index in [1.54, 1.807) is 19.1 Å². The number of para-hydroxylation sites is 1. The fraction of sp³-hybridized carbons (Fsp3) is 0.200. The van der Waals surface area contributed by atoms with Crippen LogP contribution >= 0.6 is 0 Å². The summed E-state index contributed by atoms with van der Waals surface area (Å²) in [6.45, 7) is 4.31. The van der Waals surface area contributed by atoms with Gasteiger partial charge in [0.25, 0.3) is 11.5 Å². The van der Waals surface area contributed by atoms with Crippen molar-refractivity contribution in [1.29, 1.82) is 0 Å². The zero-order chi connectivity index (χ0) is 37.7. The summed E-state index contributed by atoms with van der Waals surface area (Å²) in [6, 6.07) is 39.3. The smallest absolute Gasteiger partial charge is 0.338 e. The number of nitrogens with zero attached hydrogens (tertiary/aromatic N) is 5. The lowest BCUT2D eigenvalue weighted by atomic mass is 9.79. The largest absolute Gasteiger partial charge is 0.494 e. The molecule has 0 radical (unpaired) electrons. The lowest BCUT2D eigenvalue weighted by Crippen LogP contribution is -2.44. The van der Waals surface area contributed by atoms with E-state index < -0.39 is 23.2 Å². The van der Waals surface area contributed by atoms with Crippen molar-refractivity contribution in [1.82, 2.24) is 18.6 Å². The highest BCUT2D eigenvalue weighted by Crippen LogP contribution is 2.44. The number of carbonyl (C=O) groups excluding carboxylic acids is 1. The minimum absolute atomic E-state index is 0.0433. The number of benzene rings is 5. The van der Waals surface area contributed by atoms with E-state index in [1.165, 1.54) is 7.05 Å². The molecule has 9 nitrogen and oxygen atoms in total. The molecule has 54 heavy (non-hydrogen) atoms.